The lowest BCUT2D eigenvalue weighted by atomic mass is 9.40. The van der Waals surface area contributed by atoms with Gasteiger partial charge in [0.1, 0.15) is 16.9 Å². The largest absolute Gasteiger partial charge is 0.455 e. The lowest BCUT2D eigenvalue weighted by Crippen LogP contribution is -2.24. The average Bonchev–Trinajstić information content (AvgIpc) is 2.99. The molecule has 0 fully saturated rings. The van der Waals surface area contributed by atoms with Gasteiger partial charge in [-0.25, -0.2) is 0 Å². The van der Waals surface area contributed by atoms with Gasteiger partial charge in [0, 0.05) is 21.9 Å². The molecule has 0 radical (unpaired) electrons. The quantitative estimate of drug-likeness (QED) is 0.428. The fraction of sp³-hybridized carbons (Fsp3) is 0.0500. The molecule has 25 heavy (non-hydrogen) atoms. The number of carbonyl (C=O) groups excluding carboxylic acids is 1. The van der Waals surface area contributed by atoms with Crippen molar-refractivity contribution in [3.63, 3.8) is 0 Å². The van der Waals surface area contributed by atoms with Crippen LogP contribution in [-0.4, -0.2) is 29.3 Å². The summed E-state index contributed by atoms with van der Waals surface area (Å²) in [6.45, 7) is 0. The lowest BCUT2D eigenvalue weighted by Gasteiger charge is -2.16. The van der Waals surface area contributed by atoms with E-state index >= 15 is 0 Å². The number of fused-ring (bicyclic) bond motifs is 3. The van der Waals surface area contributed by atoms with Crippen LogP contribution >= 0.6 is 0 Å². The molecule has 0 bridgehead atoms. The highest BCUT2D eigenvalue weighted by Gasteiger charge is 2.22. The molecule has 118 valence electrons. The molecule has 1 heterocycles. The summed E-state index contributed by atoms with van der Waals surface area (Å²) in [6, 6.07) is 22.1. The second-order valence-electron chi connectivity index (χ2n) is 7.44. The van der Waals surface area contributed by atoms with Crippen molar-refractivity contribution in [1.29, 1.82) is 0 Å². The van der Waals surface area contributed by atoms with E-state index in [-0.39, 0.29) is 10.9 Å². The minimum absolute atomic E-state index is 0.154. The molecule has 0 saturated heterocycles. The van der Waals surface area contributed by atoms with Crippen LogP contribution in [0.25, 0.3) is 33.1 Å². The number of furan rings is 1. The Morgan fingerprint density at radius 1 is 0.800 bits per heavy atom. The first kappa shape index (κ1) is 15.8. The molecule has 0 aliphatic heterocycles. The molecular weight excluding hydrogens is 305 g/mol. The summed E-state index contributed by atoms with van der Waals surface area (Å²) in [5, 5.41) is 1.86. The Hall–Kier alpha value is -2.68. The molecule has 0 unspecified atom stereocenters. The number of carbonyl (C=O) groups is 1. The highest BCUT2D eigenvalue weighted by Crippen LogP contribution is 2.35. The molecule has 3 aromatic carbocycles. The third-order valence-electron chi connectivity index (χ3n) is 4.54. The zero-order chi connectivity index (χ0) is 17.6. The summed E-state index contributed by atoms with van der Waals surface area (Å²) in [5.41, 5.74) is 4.62. The third-order valence-corrected chi connectivity index (χ3v) is 4.54. The van der Waals surface area contributed by atoms with Gasteiger partial charge in [0.15, 0.2) is 0 Å². The molecule has 0 spiro atoms. The van der Waals surface area contributed by atoms with Crippen molar-refractivity contribution in [3.8, 4) is 11.1 Å². The minimum atomic E-state index is -0.375. The molecule has 4 rings (SSSR count). The molecule has 0 N–H and O–H groups in total. The smallest absolute Gasteiger partial charge is 0.146 e. The zero-order valence-corrected chi connectivity index (χ0v) is 14.7. The Labute approximate surface area is 149 Å². The van der Waals surface area contributed by atoms with Gasteiger partial charge in [-0.3, -0.25) is 4.79 Å². The van der Waals surface area contributed by atoms with Crippen molar-refractivity contribution in [1.82, 2.24) is 0 Å². The Morgan fingerprint density at radius 3 is 2.20 bits per heavy atom. The van der Waals surface area contributed by atoms with Crippen LogP contribution in [0.2, 0.25) is 5.11 Å². The summed E-state index contributed by atoms with van der Waals surface area (Å²) in [4.78, 5) is 12.4. The topological polar surface area (TPSA) is 30.2 Å². The number of ketones is 1. The summed E-state index contributed by atoms with van der Waals surface area (Å²) >= 11 is 0. The van der Waals surface area contributed by atoms with Crippen LogP contribution in [0.15, 0.2) is 71.1 Å². The van der Waals surface area contributed by atoms with Crippen LogP contribution in [0.5, 0.6) is 0 Å². The normalized spacial score (nSPS) is 11.8. The first-order valence-corrected chi connectivity index (χ1v) is 8.51. The SMILES string of the molecule is BC(B)(B)C(=O)c1ccc(-c2cccc3c2oc2ccccc23)cc1. The van der Waals surface area contributed by atoms with Crippen LogP contribution in [0.1, 0.15) is 10.4 Å². The van der Waals surface area contributed by atoms with E-state index in [9.17, 15) is 4.79 Å². The molecule has 0 aliphatic rings. The summed E-state index contributed by atoms with van der Waals surface area (Å²) in [5.74, 6) is 0.154. The van der Waals surface area contributed by atoms with Gasteiger partial charge in [-0.2, -0.15) is 0 Å². The maximum Gasteiger partial charge on any atom is 0.146 e. The maximum atomic E-state index is 12.4. The van der Waals surface area contributed by atoms with Crippen LogP contribution < -0.4 is 0 Å². The zero-order valence-electron chi connectivity index (χ0n) is 14.7. The van der Waals surface area contributed by atoms with Crippen molar-refractivity contribution in [2.75, 3.05) is 0 Å². The molecule has 2 nitrogen and oxygen atoms in total. The Bertz CT molecular complexity index is 1090. The Balaban J connectivity index is 1.84. The van der Waals surface area contributed by atoms with E-state index in [1.165, 1.54) is 0 Å². The van der Waals surface area contributed by atoms with Gasteiger partial charge in [-0.1, -0.05) is 65.8 Å². The molecule has 1 aromatic heterocycles. The summed E-state index contributed by atoms with van der Waals surface area (Å²) in [6.07, 6.45) is 0. The Morgan fingerprint density at radius 2 is 1.48 bits per heavy atom. The van der Waals surface area contributed by atoms with Crippen LogP contribution in [0.3, 0.4) is 0 Å². The molecule has 0 amide bonds. The fourth-order valence-electron chi connectivity index (χ4n) is 3.21. The molecular formula is C20H17B3O2. The van der Waals surface area contributed by atoms with Gasteiger partial charge < -0.3 is 4.42 Å². The molecule has 5 heteroatoms. The third kappa shape index (κ3) is 2.70. The van der Waals surface area contributed by atoms with E-state index in [1.54, 1.807) is 0 Å². The highest BCUT2D eigenvalue weighted by molar-refractivity contribution is 6.70. The maximum absolute atomic E-state index is 12.4. The first-order chi connectivity index (χ1) is 11.9. The van der Waals surface area contributed by atoms with Crippen LogP contribution in [0, 0.1) is 0 Å². The summed E-state index contributed by atoms with van der Waals surface area (Å²) in [7, 11) is 5.83. The van der Waals surface area contributed by atoms with E-state index < -0.39 is 0 Å². The van der Waals surface area contributed by atoms with Gasteiger partial charge in [0.25, 0.3) is 0 Å². The average molecular weight is 322 g/mol. The molecule has 0 atom stereocenters. The van der Waals surface area contributed by atoms with Gasteiger partial charge in [0.05, 0.1) is 23.5 Å². The van der Waals surface area contributed by atoms with Crippen molar-refractivity contribution in [3.05, 3.63) is 72.3 Å². The first-order valence-electron chi connectivity index (χ1n) is 8.51. The summed E-state index contributed by atoms with van der Waals surface area (Å²) < 4.78 is 6.10. The monoisotopic (exact) mass is 322 g/mol. The number of benzene rings is 3. The highest BCUT2D eigenvalue weighted by atomic mass is 16.3. The van der Waals surface area contributed by atoms with E-state index in [0.29, 0.717) is 0 Å². The number of hydrogen-bond donors (Lipinski definition) is 0. The van der Waals surface area contributed by atoms with Gasteiger partial charge in [-0.05, 0) is 11.6 Å². The van der Waals surface area contributed by atoms with Gasteiger partial charge in [-0.15, -0.1) is 0 Å². The Kier molecular flexibility index (Phi) is 3.61. The minimum Gasteiger partial charge on any atom is -0.455 e. The second-order valence-corrected chi connectivity index (χ2v) is 7.44. The number of Topliss-reactive ketones (excluding diaryl/α,β-unsaturated/α-hetero) is 1. The molecule has 0 saturated carbocycles. The van der Waals surface area contributed by atoms with E-state index in [1.807, 2.05) is 72.1 Å². The second kappa shape index (κ2) is 5.70. The van der Waals surface area contributed by atoms with Crippen molar-refractivity contribution in [2.24, 2.45) is 0 Å². The number of rotatable bonds is 3. The van der Waals surface area contributed by atoms with Crippen molar-refractivity contribution in [2.45, 2.75) is 5.11 Å². The predicted octanol–water partition coefficient (Wildman–Crippen LogP) is 2.41. The van der Waals surface area contributed by atoms with E-state index in [4.69, 9.17) is 4.42 Å². The van der Waals surface area contributed by atoms with Gasteiger partial charge >= 0.3 is 0 Å². The van der Waals surface area contributed by atoms with E-state index in [0.717, 1.165) is 38.6 Å². The van der Waals surface area contributed by atoms with Crippen molar-refractivity contribution < 1.29 is 9.21 Å². The van der Waals surface area contributed by atoms with Crippen LogP contribution in [-0.2, 0) is 0 Å². The lowest BCUT2D eigenvalue weighted by molar-refractivity contribution is 0.0993. The standard InChI is InChI=1S/C20H17B3O2/c21-20(22,23)19(24)13-10-8-12(9-11-13)14-5-3-6-16-15-4-1-2-7-17(15)25-18(14)16/h1-11H,21-23H2. The van der Waals surface area contributed by atoms with Gasteiger partial charge in [0.2, 0.25) is 0 Å². The van der Waals surface area contributed by atoms with Crippen LogP contribution in [0.4, 0.5) is 0 Å². The molecule has 4 aromatic rings. The number of hydrogen-bond acceptors (Lipinski definition) is 2. The number of para-hydroxylation sites is 2. The van der Waals surface area contributed by atoms with Crippen molar-refractivity contribution >= 4 is 51.3 Å². The molecule has 0 aliphatic carbocycles. The fourth-order valence-corrected chi connectivity index (χ4v) is 3.21. The predicted molar refractivity (Wildman–Crippen MR) is 112 cm³/mol. The van der Waals surface area contributed by atoms with E-state index in [2.05, 4.69) is 18.2 Å².